The molecule has 1 N–H and O–H groups in total. The highest BCUT2D eigenvalue weighted by Crippen LogP contribution is 2.36. The number of rotatable bonds is 9. The van der Waals surface area contributed by atoms with E-state index in [9.17, 15) is 35.9 Å². The van der Waals surface area contributed by atoms with Gasteiger partial charge in [-0.3, -0.25) is 14.5 Å². The van der Waals surface area contributed by atoms with Crippen molar-refractivity contribution in [3.05, 3.63) is 34.9 Å². The molecule has 0 spiro atoms. The van der Waals surface area contributed by atoms with Crippen LogP contribution in [0.4, 0.5) is 26.3 Å². The maximum atomic E-state index is 13.2. The summed E-state index contributed by atoms with van der Waals surface area (Å²) in [6.07, 6.45) is -9.85. The van der Waals surface area contributed by atoms with E-state index in [-0.39, 0.29) is 24.9 Å². The van der Waals surface area contributed by atoms with Crippen LogP contribution >= 0.6 is 0 Å². The van der Waals surface area contributed by atoms with E-state index in [0.717, 1.165) is 18.0 Å². The van der Waals surface area contributed by atoms with Gasteiger partial charge >= 0.3 is 12.4 Å². The van der Waals surface area contributed by atoms with Crippen molar-refractivity contribution in [3.63, 3.8) is 0 Å². The molecule has 0 radical (unpaired) electrons. The standard InChI is InChI=1S/C22H29F6N3O3/c1-3-15(2)31(6-4-19(32)29-5-7-30-8-10-34-11-9-30)20(33)16-12-17(21(23,24)25)14-18(13-16)22(26,27)28/h12-15H,3-11H2,1-2H3,(H,29,32). The Labute approximate surface area is 194 Å². The van der Waals surface area contributed by atoms with Gasteiger partial charge in [-0.2, -0.15) is 26.3 Å². The van der Waals surface area contributed by atoms with Gasteiger partial charge in [-0.25, -0.2) is 0 Å². The molecule has 6 nitrogen and oxygen atoms in total. The summed E-state index contributed by atoms with van der Waals surface area (Å²) in [4.78, 5) is 28.5. The lowest BCUT2D eigenvalue weighted by Crippen LogP contribution is -2.43. The lowest BCUT2D eigenvalue weighted by atomic mass is 10.0. The first-order valence-corrected chi connectivity index (χ1v) is 11.0. The second-order valence-electron chi connectivity index (χ2n) is 8.10. The minimum absolute atomic E-state index is 0.0215. The minimum Gasteiger partial charge on any atom is -0.379 e. The van der Waals surface area contributed by atoms with Gasteiger partial charge < -0.3 is 15.0 Å². The zero-order valence-corrected chi connectivity index (χ0v) is 19.1. The number of carbonyl (C=O) groups excluding carboxylic acids is 2. The van der Waals surface area contributed by atoms with E-state index >= 15 is 0 Å². The molecule has 1 aromatic rings. The highest BCUT2D eigenvalue weighted by Gasteiger charge is 2.38. The fraction of sp³-hybridized carbons (Fsp3) is 0.636. The predicted octanol–water partition coefficient (Wildman–Crippen LogP) is 3.80. The van der Waals surface area contributed by atoms with Crippen molar-refractivity contribution in [1.29, 1.82) is 0 Å². The molecule has 1 atom stereocenters. The molecule has 2 amide bonds. The number of benzene rings is 1. The van der Waals surface area contributed by atoms with E-state index in [0.29, 0.717) is 44.9 Å². The summed E-state index contributed by atoms with van der Waals surface area (Å²) in [5.41, 5.74) is -3.85. The van der Waals surface area contributed by atoms with E-state index in [1.165, 1.54) is 0 Å². The molecule has 1 fully saturated rings. The Balaban J connectivity index is 2.10. The van der Waals surface area contributed by atoms with Crippen LogP contribution in [0.25, 0.3) is 0 Å². The molecule has 0 aromatic heterocycles. The van der Waals surface area contributed by atoms with Gasteiger partial charge in [-0.05, 0) is 31.5 Å². The zero-order valence-electron chi connectivity index (χ0n) is 19.1. The molecule has 0 aliphatic carbocycles. The fourth-order valence-corrected chi connectivity index (χ4v) is 3.48. The van der Waals surface area contributed by atoms with Crippen LogP contribution in [0.5, 0.6) is 0 Å². The van der Waals surface area contributed by atoms with Gasteiger partial charge in [-0.1, -0.05) is 6.92 Å². The monoisotopic (exact) mass is 497 g/mol. The zero-order chi connectivity index (χ0) is 25.5. The second kappa shape index (κ2) is 11.9. The summed E-state index contributed by atoms with van der Waals surface area (Å²) >= 11 is 0. The van der Waals surface area contributed by atoms with Crippen molar-refractivity contribution in [2.75, 3.05) is 45.9 Å². The van der Waals surface area contributed by atoms with Gasteiger partial charge in [0.1, 0.15) is 0 Å². The summed E-state index contributed by atoms with van der Waals surface area (Å²) in [6, 6.07) is 0.300. The van der Waals surface area contributed by atoms with Crippen molar-refractivity contribution in [2.45, 2.75) is 45.1 Å². The van der Waals surface area contributed by atoms with Gasteiger partial charge in [0.2, 0.25) is 5.91 Å². The number of nitrogens with zero attached hydrogens (tertiary/aromatic N) is 2. The number of alkyl halides is 6. The molecule has 1 aromatic carbocycles. The maximum absolute atomic E-state index is 13.2. The van der Waals surface area contributed by atoms with Gasteiger partial charge in [-0.15, -0.1) is 0 Å². The molecule has 1 saturated heterocycles. The number of hydrogen-bond acceptors (Lipinski definition) is 4. The Bertz CT molecular complexity index is 806. The highest BCUT2D eigenvalue weighted by molar-refractivity contribution is 5.95. The topological polar surface area (TPSA) is 61.9 Å². The Hall–Kier alpha value is -2.34. The number of nitrogens with one attached hydrogen (secondary N) is 1. The van der Waals surface area contributed by atoms with Crippen molar-refractivity contribution >= 4 is 11.8 Å². The molecule has 1 aliphatic rings. The first-order chi connectivity index (χ1) is 15.8. The van der Waals surface area contributed by atoms with Crippen molar-refractivity contribution in [2.24, 2.45) is 0 Å². The summed E-state index contributed by atoms with van der Waals surface area (Å²) in [7, 11) is 0. The number of halogens is 6. The quantitative estimate of drug-likeness (QED) is 0.528. The van der Waals surface area contributed by atoms with Crippen LogP contribution in [-0.2, 0) is 21.9 Å². The normalized spacial score (nSPS) is 16.2. The molecule has 12 heteroatoms. The van der Waals surface area contributed by atoms with E-state index in [4.69, 9.17) is 4.74 Å². The predicted molar refractivity (Wildman–Crippen MR) is 112 cm³/mol. The molecule has 0 saturated carbocycles. The molecule has 0 bridgehead atoms. The van der Waals surface area contributed by atoms with Crippen molar-refractivity contribution in [3.8, 4) is 0 Å². The van der Waals surface area contributed by atoms with E-state index in [1.54, 1.807) is 13.8 Å². The summed E-state index contributed by atoms with van der Waals surface area (Å²) in [5.74, 6) is -1.36. The van der Waals surface area contributed by atoms with Crippen LogP contribution < -0.4 is 5.32 Å². The second-order valence-corrected chi connectivity index (χ2v) is 8.10. The number of amides is 2. The first kappa shape index (κ1) is 27.9. The average Bonchev–Trinajstić information content (AvgIpc) is 2.78. The Morgan fingerprint density at radius 3 is 2.12 bits per heavy atom. The average molecular weight is 497 g/mol. The Kier molecular flexibility index (Phi) is 9.74. The van der Waals surface area contributed by atoms with E-state index < -0.39 is 41.0 Å². The third-order valence-electron chi connectivity index (χ3n) is 5.65. The summed E-state index contributed by atoms with van der Waals surface area (Å²) in [5, 5.41) is 2.72. The van der Waals surface area contributed by atoms with Crippen LogP contribution in [0, 0.1) is 0 Å². The van der Waals surface area contributed by atoms with Gasteiger partial charge in [0.15, 0.2) is 0 Å². The lowest BCUT2D eigenvalue weighted by Gasteiger charge is -2.29. The Morgan fingerprint density at radius 1 is 1.06 bits per heavy atom. The van der Waals surface area contributed by atoms with Gasteiger partial charge in [0.05, 0.1) is 24.3 Å². The van der Waals surface area contributed by atoms with Crippen LogP contribution in [0.1, 0.15) is 48.2 Å². The van der Waals surface area contributed by atoms with Crippen LogP contribution in [0.15, 0.2) is 18.2 Å². The fourth-order valence-electron chi connectivity index (χ4n) is 3.48. The minimum atomic E-state index is -5.06. The van der Waals surface area contributed by atoms with E-state index in [2.05, 4.69) is 10.2 Å². The molecule has 1 heterocycles. The largest absolute Gasteiger partial charge is 0.416 e. The molecule has 34 heavy (non-hydrogen) atoms. The number of morpholine rings is 1. The highest BCUT2D eigenvalue weighted by atomic mass is 19.4. The third kappa shape index (κ3) is 8.15. The number of carbonyl (C=O) groups is 2. The van der Waals surface area contributed by atoms with Crippen LogP contribution in [0.3, 0.4) is 0 Å². The number of hydrogen-bond donors (Lipinski definition) is 1. The summed E-state index contributed by atoms with van der Waals surface area (Å²) < 4.78 is 84.3. The maximum Gasteiger partial charge on any atom is 0.416 e. The first-order valence-electron chi connectivity index (χ1n) is 11.0. The molecule has 192 valence electrons. The third-order valence-corrected chi connectivity index (χ3v) is 5.65. The Morgan fingerprint density at radius 2 is 1.62 bits per heavy atom. The smallest absolute Gasteiger partial charge is 0.379 e. The SMILES string of the molecule is CCC(C)N(CCC(=O)NCCN1CCOCC1)C(=O)c1cc(C(F)(F)F)cc(C(F)(F)F)c1. The van der Waals surface area contributed by atoms with Crippen molar-refractivity contribution < 1.29 is 40.7 Å². The lowest BCUT2D eigenvalue weighted by molar-refractivity contribution is -0.143. The van der Waals surface area contributed by atoms with E-state index in [1.807, 2.05) is 0 Å². The molecule has 2 rings (SSSR count). The van der Waals surface area contributed by atoms with Crippen molar-refractivity contribution in [1.82, 2.24) is 15.1 Å². The van der Waals surface area contributed by atoms with Gasteiger partial charge in [0.25, 0.3) is 5.91 Å². The summed E-state index contributed by atoms with van der Waals surface area (Å²) in [6.45, 7) is 6.93. The molecule has 1 unspecified atom stereocenters. The molecular formula is C22H29F6N3O3. The molecule has 1 aliphatic heterocycles. The van der Waals surface area contributed by atoms with Crippen LogP contribution in [-0.4, -0.2) is 73.6 Å². The number of ether oxygens (including phenoxy) is 1. The van der Waals surface area contributed by atoms with Gasteiger partial charge in [0, 0.05) is 50.7 Å². The molecular weight excluding hydrogens is 468 g/mol. The van der Waals surface area contributed by atoms with Crippen LogP contribution in [0.2, 0.25) is 0 Å².